The lowest BCUT2D eigenvalue weighted by Crippen LogP contribution is -2.33. The van der Waals surface area contributed by atoms with Crippen molar-refractivity contribution in [2.24, 2.45) is 5.10 Å². The van der Waals surface area contributed by atoms with Crippen LogP contribution in [0, 0.1) is 6.92 Å². The number of methoxy groups -OCH3 is 1. The number of ether oxygens (including phenoxy) is 2. The molecule has 0 bridgehead atoms. The zero-order chi connectivity index (χ0) is 19.8. The van der Waals surface area contributed by atoms with Crippen LogP contribution in [0.5, 0.6) is 11.5 Å². The van der Waals surface area contributed by atoms with E-state index in [4.69, 9.17) is 9.47 Å². The van der Waals surface area contributed by atoms with Crippen LogP contribution in [0.1, 0.15) is 40.1 Å². The third-order valence-electron chi connectivity index (χ3n) is 4.67. The van der Waals surface area contributed by atoms with Gasteiger partial charge < -0.3 is 9.47 Å². The molecule has 1 aromatic carbocycles. The van der Waals surface area contributed by atoms with Gasteiger partial charge in [-0.25, -0.2) is 5.43 Å². The molecule has 7 heteroatoms. The van der Waals surface area contributed by atoms with Gasteiger partial charge in [-0.3, -0.25) is 9.69 Å². The number of carbonyl (C=O) groups is 1. The third kappa shape index (κ3) is 5.81. The molecule has 1 saturated heterocycles. The minimum Gasteiger partial charge on any atom is -0.493 e. The Morgan fingerprint density at radius 2 is 2.07 bits per heavy atom. The molecule has 1 aliphatic heterocycles. The Morgan fingerprint density at radius 1 is 1.25 bits per heavy atom. The Labute approximate surface area is 170 Å². The number of hydrogen-bond donors (Lipinski definition) is 1. The second-order valence-corrected chi connectivity index (χ2v) is 7.92. The van der Waals surface area contributed by atoms with Gasteiger partial charge in [-0.1, -0.05) is 6.42 Å². The molecule has 0 unspecified atom stereocenters. The number of nitrogens with one attached hydrogen (secondary N) is 1. The average Bonchev–Trinajstić information content (AvgIpc) is 3.16. The van der Waals surface area contributed by atoms with Crippen LogP contribution in [-0.2, 0) is 0 Å². The number of rotatable bonds is 8. The molecular formula is C21H27N3O3S. The highest BCUT2D eigenvalue weighted by Crippen LogP contribution is 2.27. The van der Waals surface area contributed by atoms with Crippen LogP contribution in [0.25, 0.3) is 0 Å². The van der Waals surface area contributed by atoms with Gasteiger partial charge in [0.15, 0.2) is 11.5 Å². The molecule has 1 aromatic heterocycles. The fraction of sp³-hybridized carbons (Fsp3) is 0.429. The summed E-state index contributed by atoms with van der Waals surface area (Å²) in [6.07, 6.45) is 5.48. The van der Waals surface area contributed by atoms with Gasteiger partial charge in [0.25, 0.3) is 5.91 Å². The maximum Gasteiger partial charge on any atom is 0.272 e. The van der Waals surface area contributed by atoms with E-state index in [-0.39, 0.29) is 5.91 Å². The molecule has 1 aliphatic rings. The van der Waals surface area contributed by atoms with Crippen molar-refractivity contribution in [2.45, 2.75) is 26.2 Å². The van der Waals surface area contributed by atoms with Gasteiger partial charge in [-0.2, -0.15) is 5.10 Å². The van der Waals surface area contributed by atoms with Crippen molar-refractivity contribution in [3.05, 3.63) is 45.6 Å². The summed E-state index contributed by atoms with van der Waals surface area (Å²) in [6.45, 7) is 5.85. The second-order valence-electron chi connectivity index (χ2n) is 6.81. The van der Waals surface area contributed by atoms with Crippen molar-refractivity contribution in [1.29, 1.82) is 0 Å². The number of hydrazone groups is 1. The second kappa shape index (κ2) is 10.2. The molecule has 3 rings (SSSR count). The quantitative estimate of drug-likeness (QED) is 0.541. The monoisotopic (exact) mass is 401 g/mol. The Hall–Kier alpha value is -2.38. The first-order valence-corrected chi connectivity index (χ1v) is 10.5. The van der Waals surface area contributed by atoms with Crippen molar-refractivity contribution in [1.82, 2.24) is 10.3 Å². The van der Waals surface area contributed by atoms with Crippen LogP contribution in [0.2, 0.25) is 0 Å². The maximum absolute atomic E-state index is 12.0. The number of likely N-dealkylation sites (tertiary alicyclic amines) is 1. The highest BCUT2D eigenvalue weighted by molar-refractivity contribution is 7.10. The van der Waals surface area contributed by atoms with Crippen molar-refractivity contribution in [3.63, 3.8) is 0 Å². The molecule has 0 spiro atoms. The fourth-order valence-electron chi connectivity index (χ4n) is 3.14. The van der Waals surface area contributed by atoms with E-state index in [0.29, 0.717) is 17.9 Å². The molecule has 0 atom stereocenters. The summed E-state index contributed by atoms with van der Waals surface area (Å²) in [4.78, 5) is 15.5. The highest BCUT2D eigenvalue weighted by atomic mass is 32.1. The van der Waals surface area contributed by atoms with E-state index in [0.717, 1.165) is 35.8 Å². The molecule has 6 nitrogen and oxygen atoms in total. The number of thiophene rings is 1. The first-order valence-electron chi connectivity index (χ1n) is 9.57. The number of hydrogen-bond acceptors (Lipinski definition) is 6. The number of benzene rings is 1. The van der Waals surface area contributed by atoms with Crippen LogP contribution in [0.15, 0.2) is 34.7 Å². The Bertz CT molecular complexity index is 813. The Morgan fingerprint density at radius 3 is 2.79 bits per heavy atom. The SMILES string of the molecule is COc1cc(/C=N\NC(=O)c2csc(C)c2)ccc1OCCN1CCCCC1. The number of nitrogens with zero attached hydrogens (tertiary/aromatic N) is 2. The van der Waals surface area contributed by atoms with E-state index in [1.165, 1.54) is 30.6 Å². The highest BCUT2D eigenvalue weighted by Gasteiger charge is 2.11. The van der Waals surface area contributed by atoms with E-state index in [2.05, 4.69) is 15.4 Å². The maximum atomic E-state index is 12.0. The van der Waals surface area contributed by atoms with E-state index in [1.807, 2.05) is 36.6 Å². The van der Waals surface area contributed by atoms with Gasteiger partial charge >= 0.3 is 0 Å². The lowest BCUT2D eigenvalue weighted by atomic mass is 10.1. The predicted octanol–water partition coefficient (Wildman–Crippen LogP) is 3.69. The molecule has 150 valence electrons. The summed E-state index contributed by atoms with van der Waals surface area (Å²) in [6, 6.07) is 7.46. The zero-order valence-corrected chi connectivity index (χ0v) is 17.3. The van der Waals surface area contributed by atoms with Crippen LogP contribution < -0.4 is 14.9 Å². The normalized spacial score (nSPS) is 14.9. The molecule has 0 saturated carbocycles. The van der Waals surface area contributed by atoms with Crippen LogP contribution in [-0.4, -0.2) is 50.4 Å². The molecule has 1 fully saturated rings. The van der Waals surface area contributed by atoms with Gasteiger partial charge in [0.05, 0.1) is 18.9 Å². The summed E-state index contributed by atoms with van der Waals surface area (Å²) in [5.41, 5.74) is 3.98. The molecule has 1 N–H and O–H groups in total. The van der Waals surface area contributed by atoms with Crippen molar-refractivity contribution < 1.29 is 14.3 Å². The first-order chi connectivity index (χ1) is 13.7. The summed E-state index contributed by atoms with van der Waals surface area (Å²) in [7, 11) is 1.62. The number of piperidine rings is 1. The van der Waals surface area contributed by atoms with Gasteiger partial charge in [-0.05, 0) is 62.7 Å². The van der Waals surface area contributed by atoms with Crippen LogP contribution in [0.3, 0.4) is 0 Å². The minimum atomic E-state index is -0.217. The average molecular weight is 402 g/mol. The third-order valence-corrected chi connectivity index (χ3v) is 5.54. The van der Waals surface area contributed by atoms with E-state index in [9.17, 15) is 4.79 Å². The minimum absolute atomic E-state index is 0.217. The van der Waals surface area contributed by atoms with Crippen molar-refractivity contribution in [3.8, 4) is 11.5 Å². The van der Waals surface area contributed by atoms with Crippen LogP contribution in [0.4, 0.5) is 0 Å². The summed E-state index contributed by atoms with van der Waals surface area (Å²) in [5.74, 6) is 1.15. The lowest BCUT2D eigenvalue weighted by molar-refractivity contribution is 0.0955. The van der Waals surface area contributed by atoms with E-state index < -0.39 is 0 Å². The number of aryl methyl sites for hydroxylation is 1. The molecule has 0 aliphatic carbocycles. The summed E-state index contributed by atoms with van der Waals surface area (Å²) < 4.78 is 11.4. The van der Waals surface area contributed by atoms with Crippen molar-refractivity contribution in [2.75, 3.05) is 33.4 Å². The van der Waals surface area contributed by atoms with Gasteiger partial charge in [0, 0.05) is 16.8 Å². The fourth-order valence-corrected chi connectivity index (χ4v) is 3.83. The molecule has 0 radical (unpaired) electrons. The summed E-state index contributed by atoms with van der Waals surface area (Å²) in [5, 5.41) is 5.85. The lowest BCUT2D eigenvalue weighted by Gasteiger charge is -2.26. The molecule has 2 heterocycles. The smallest absolute Gasteiger partial charge is 0.272 e. The molecular weight excluding hydrogens is 374 g/mol. The van der Waals surface area contributed by atoms with E-state index in [1.54, 1.807) is 13.3 Å². The standard InChI is InChI=1S/C21H27N3O3S/c1-16-12-18(15-28-16)21(25)23-22-14-17-6-7-19(20(13-17)26-2)27-11-10-24-8-4-3-5-9-24/h6-7,12-15H,3-5,8-11H2,1-2H3,(H,23,25)/b22-14-. The topological polar surface area (TPSA) is 63.2 Å². The first kappa shape index (κ1) is 20.4. The van der Waals surface area contributed by atoms with Gasteiger partial charge in [0.2, 0.25) is 0 Å². The molecule has 1 amide bonds. The molecule has 28 heavy (non-hydrogen) atoms. The Balaban J connectivity index is 1.52. The zero-order valence-electron chi connectivity index (χ0n) is 16.4. The Kier molecular flexibility index (Phi) is 7.45. The van der Waals surface area contributed by atoms with E-state index >= 15 is 0 Å². The van der Waals surface area contributed by atoms with Gasteiger partial charge in [-0.15, -0.1) is 11.3 Å². The van der Waals surface area contributed by atoms with Crippen LogP contribution >= 0.6 is 11.3 Å². The number of carbonyl (C=O) groups excluding carboxylic acids is 1. The van der Waals surface area contributed by atoms with Crippen molar-refractivity contribution >= 4 is 23.5 Å². The largest absolute Gasteiger partial charge is 0.493 e. The predicted molar refractivity (Wildman–Crippen MR) is 113 cm³/mol. The van der Waals surface area contributed by atoms with Gasteiger partial charge in [0.1, 0.15) is 6.61 Å². The summed E-state index contributed by atoms with van der Waals surface area (Å²) >= 11 is 1.54. The number of amides is 1. The molecule has 2 aromatic rings.